The number of likely N-dealkylation sites (N-methyl/N-ethyl adjacent to an activating group) is 1. The number of rotatable bonds is 0. The molecule has 0 aliphatic carbocycles. The standard InChI is InChI=1S/C16H17NS.ClH/c1-17-11-10-13-6-2-4-8-15(13)18-16-9-5-3-7-14(16)12-17;/h2-9H,10-12H2,1H3;1H. The molecule has 0 saturated heterocycles. The first-order valence-electron chi connectivity index (χ1n) is 6.35. The van der Waals surface area contributed by atoms with Gasteiger partial charge in [-0.1, -0.05) is 48.2 Å². The fourth-order valence-electron chi connectivity index (χ4n) is 2.34. The second-order valence-electron chi connectivity index (χ2n) is 4.81. The van der Waals surface area contributed by atoms with Crippen LogP contribution in [0.3, 0.4) is 0 Å². The fraction of sp³-hybridized carbons (Fsp3) is 0.250. The summed E-state index contributed by atoms with van der Waals surface area (Å²) in [4.78, 5) is 5.19. The molecule has 1 aliphatic rings. The summed E-state index contributed by atoms with van der Waals surface area (Å²) in [6.45, 7) is 2.16. The van der Waals surface area contributed by atoms with Crippen LogP contribution in [0.5, 0.6) is 0 Å². The quantitative estimate of drug-likeness (QED) is 0.714. The number of halogens is 1. The van der Waals surface area contributed by atoms with E-state index in [1.165, 1.54) is 20.9 Å². The van der Waals surface area contributed by atoms with E-state index in [-0.39, 0.29) is 12.4 Å². The summed E-state index contributed by atoms with van der Waals surface area (Å²) < 4.78 is 0. The Kier molecular flexibility index (Phi) is 4.92. The van der Waals surface area contributed by atoms with E-state index in [1.54, 1.807) is 0 Å². The monoisotopic (exact) mass is 291 g/mol. The molecule has 0 aromatic heterocycles. The molecule has 2 aromatic carbocycles. The zero-order valence-electron chi connectivity index (χ0n) is 11.0. The van der Waals surface area contributed by atoms with Crippen molar-refractivity contribution in [2.75, 3.05) is 13.6 Å². The van der Waals surface area contributed by atoms with Gasteiger partial charge < -0.3 is 4.90 Å². The predicted octanol–water partition coefficient (Wildman–Crippen LogP) is 4.25. The van der Waals surface area contributed by atoms with Crippen LogP contribution in [-0.4, -0.2) is 18.5 Å². The second kappa shape index (κ2) is 6.47. The van der Waals surface area contributed by atoms with E-state index in [0.717, 1.165) is 19.5 Å². The molecule has 0 amide bonds. The molecule has 0 bridgehead atoms. The summed E-state index contributed by atoms with van der Waals surface area (Å²) in [7, 11) is 2.20. The van der Waals surface area contributed by atoms with Gasteiger partial charge in [-0.2, -0.15) is 0 Å². The first-order valence-corrected chi connectivity index (χ1v) is 7.17. The molecule has 0 N–H and O–H groups in total. The zero-order valence-corrected chi connectivity index (χ0v) is 12.6. The highest BCUT2D eigenvalue weighted by Crippen LogP contribution is 2.34. The van der Waals surface area contributed by atoms with Gasteiger partial charge in [-0.15, -0.1) is 12.4 Å². The molecule has 1 nitrogen and oxygen atoms in total. The maximum Gasteiger partial charge on any atom is 0.0242 e. The SMILES string of the molecule is CN1CCc2ccccc2Sc2ccccc2C1.Cl. The van der Waals surface area contributed by atoms with E-state index < -0.39 is 0 Å². The van der Waals surface area contributed by atoms with Crippen LogP contribution in [0.15, 0.2) is 58.3 Å². The highest BCUT2D eigenvalue weighted by molar-refractivity contribution is 7.99. The van der Waals surface area contributed by atoms with Crippen molar-refractivity contribution in [1.82, 2.24) is 4.90 Å². The third-order valence-electron chi connectivity index (χ3n) is 3.37. The zero-order chi connectivity index (χ0) is 12.4. The van der Waals surface area contributed by atoms with Gasteiger partial charge >= 0.3 is 0 Å². The van der Waals surface area contributed by atoms with Crippen LogP contribution in [0.4, 0.5) is 0 Å². The van der Waals surface area contributed by atoms with Crippen molar-refractivity contribution in [2.45, 2.75) is 22.8 Å². The molecule has 3 heteroatoms. The molecule has 0 radical (unpaired) electrons. The number of hydrogen-bond donors (Lipinski definition) is 0. The van der Waals surface area contributed by atoms with Gasteiger partial charge in [0, 0.05) is 22.9 Å². The third kappa shape index (κ3) is 3.33. The number of hydrogen-bond acceptors (Lipinski definition) is 2. The van der Waals surface area contributed by atoms with E-state index in [1.807, 2.05) is 11.8 Å². The topological polar surface area (TPSA) is 3.24 Å². The molecule has 2 aromatic rings. The van der Waals surface area contributed by atoms with E-state index in [2.05, 4.69) is 60.5 Å². The number of benzene rings is 2. The molecule has 1 heterocycles. The average molecular weight is 292 g/mol. The lowest BCUT2D eigenvalue weighted by atomic mass is 10.1. The van der Waals surface area contributed by atoms with Gasteiger partial charge in [0.1, 0.15) is 0 Å². The number of nitrogens with zero attached hydrogens (tertiary/aromatic N) is 1. The summed E-state index contributed by atoms with van der Waals surface area (Å²) in [5.41, 5.74) is 2.90. The molecule has 100 valence electrons. The summed E-state index contributed by atoms with van der Waals surface area (Å²) in [6.07, 6.45) is 1.13. The molecule has 3 rings (SSSR count). The van der Waals surface area contributed by atoms with Crippen LogP contribution < -0.4 is 0 Å². The minimum atomic E-state index is 0. The Labute approximate surface area is 125 Å². The largest absolute Gasteiger partial charge is 0.302 e. The summed E-state index contributed by atoms with van der Waals surface area (Å²) in [5, 5.41) is 0. The van der Waals surface area contributed by atoms with E-state index in [9.17, 15) is 0 Å². The fourth-order valence-corrected chi connectivity index (χ4v) is 3.44. The van der Waals surface area contributed by atoms with Crippen LogP contribution in [0.1, 0.15) is 11.1 Å². The molecular weight excluding hydrogens is 274 g/mol. The molecule has 0 spiro atoms. The van der Waals surface area contributed by atoms with Crippen molar-refractivity contribution >= 4 is 24.2 Å². The van der Waals surface area contributed by atoms with Crippen LogP contribution in [0.2, 0.25) is 0 Å². The molecule has 0 saturated carbocycles. The lowest BCUT2D eigenvalue weighted by molar-refractivity contribution is 0.329. The van der Waals surface area contributed by atoms with Crippen LogP contribution in [0.25, 0.3) is 0 Å². The Morgan fingerprint density at radius 2 is 1.47 bits per heavy atom. The minimum Gasteiger partial charge on any atom is -0.302 e. The van der Waals surface area contributed by atoms with Crippen LogP contribution >= 0.6 is 24.2 Å². The van der Waals surface area contributed by atoms with E-state index in [0.29, 0.717) is 0 Å². The smallest absolute Gasteiger partial charge is 0.0242 e. The Morgan fingerprint density at radius 3 is 2.21 bits per heavy atom. The maximum atomic E-state index is 2.40. The van der Waals surface area contributed by atoms with Crippen LogP contribution in [-0.2, 0) is 13.0 Å². The van der Waals surface area contributed by atoms with Gasteiger partial charge in [0.05, 0.1) is 0 Å². The van der Waals surface area contributed by atoms with Crippen molar-refractivity contribution in [2.24, 2.45) is 0 Å². The molecule has 1 aliphatic heterocycles. The van der Waals surface area contributed by atoms with Crippen molar-refractivity contribution in [3.05, 3.63) is 59.7 Å². The van der Waals surface area contributed by atoms with Gasteiger partial charge in [0.25, 0.3) is 0 Å². The van der Waals surface area contributed by atoms with Gasteiger partial charge in [-0.05, 0) is 36.7 Å². The Morgan fingerprint density at radius 1 is 0.895 bits per heavy atom. The van der Waals surface area contributed by atoms with Gasteiger partial charge in [0.15, 0.2) is 0 Å². The predicted molar refractivity (Wildman–Crippen MR) is 84.3 cm³/mol. The molecule has 0 unspecified atom stereocenters. The summed E-state index contributed by atoms with van der Waals surface area (Å²) in [5.74, 6) is 0. The molecule has 0 fully saturated rings. The highest BCUT2D eigenvalue weighted by atomic mass is 35.5. The first kappa shape index (κ1) is 14.4. The second-order valence-corrected chi connectivity index (χ2v) is 5.89. The minimum absolute atomic E-state index is 0. The van der Waals surface area contributed by atoms with E-state index >= 15 is 0 Å². The average Bonchev–Trinajstić information content (AvgIpc) is 2.46. The summed E-state index contributed by atoms with van der Waals surface area (Å²) in [6, 6.07) is 17.5. The van der Waals surface area contributed by atoms with Gasteiger partial charge in [-0.25, -0.2) is 0 Å². The Balaban J connectivity index is 0.00000133. The van der Waals surface area contributed by atoms with Crippen molar-refractivity contribution in [1.29, 1.82) is 0 Å². The van der Waals surface area contributed by atoms with Crippen molar-refractivity contribution in [3.63, 3.8) is 0 Å². The van der Waals surface area contributed by atoms with Crippen molar-refractivity contribution < 1.29 is 0 Å². The molecule has 19 heavy (non-hydrogen) atoms. The van der Waals surface area contributed by atoms with E-state index in [4.69, 9.17) is 0 Å². The Hall–Kier alpha value is -0.960. The lowest BCUT2D eigenvalue weighted by Crippen LogP contribution is -2.20. The molecular formula is C16H18ClNS. The third-order valence-corrected chi connectivity index (χ3v) is 4.60. The normalized spacial score (nSPS) is 15.2. The maximum absolute atomic E-state index is 2.40. The first-order chi connectivity index (χ1) is 8.83. The molecule has 0 atom stereocenters. The van der Waals surface area contributed by atoms with Gasteiger partial charge in [0.2, 0.25) is 0 Å². The highest BCUT2D eigenvalue weighted by Gasteiger charge is 2.12. The summed E-state index contributed by atoms with van der Waals surface area (Å²) >= 11 is 1.91. The number of fused-ring (bicyclic) bond motifs is 2. The van der Waals surface area contributed by atoms with Crippen LogP contribution in [0, 0.1) is 0 Å². The van der Waals surface area contributed by atoms with Crippen molar-refractivity contribution in [3.8, 4) is 0 Å². The van der Waals surface area contributed by atoms with Gasteiger partial charge in [-0.3, -0.25) is 0 Å². The Bertz CT molecular complexity index is 556. The lowest BCUT2D eigenvalue weighted by Gasteiger charge is -2.16.